The zero-order valence-corrected chi connectivity index (χ0v) is 36.0. The molecule has 0 radical (unpaired) electrons. The van der Waals surface area contributed by atoms with E-state index in [1.807, 2.05) is 18.2 Å². The topological polar surface area (TPSA) is 172 Å². The summed E-state index contributed by atoms with van der Waals surface area (Å²) in [6.45, 7) is 2.60. The molecule has 0 amide bonds. The van der Waals surface area contributed by atoms with Gasteiger partial charge in [0.05, 0.1) is 13.2 Å². The van der Waals surface area contributed by atoms with Crippen LogP contribution in [0.1, 0.15) is 162 Å². The number of aliphatic carboxylic acids is 1. The SMILES string of the molecule is CC/C=C\C/C=C\C/C=C\C/C=C\C/C=C\C/C=C\CCC(=O)OC(COC(=O)CCCCCCCCCCCCCCCC)COP(=O)(O)OCC(N)C(=O)O. The summed E-state index contributed by atoms with van der Waals surface area (Å²) in [4.78, 5) is 45.9. The number of carbonyl (C=O) groups is 3. The average molecular weight is 822 g/mol. The first-order valence-electron chi connectivity index (χ1n) is 21.5. The van der Waals surface area contributed by atoms with Gasteiger partial charge >= 0.3 is 25.7 Å². The van der Waals surface area contributed by atoms with Gasteiger partial charge in [-0.3, -0.25) is 23.4 Å². The molecule has 0 aromatic heterocycles. The van der Waals surface area contributed by atoms with Crippen molar-refractivity contribution in [3.8, 4) is 0 Å². The predicted molar refractivity (Wildman–Crippen MR) is 231 cm³/mol. The summed E-state index contributed by atoms with van der Waals surface area (Å²) in [5.41, 5.74) is 5.32. The third kappa shape index (κ3) is 39.5. The van der Waals surface area contributed by atoms with E-state index in [2.05, 4.69) is 73.1 Å². The number of nitrogens with two attached hydrogens (primary N) is 1. The number of unbranched alkanes of at least 4 members (excludes halogenated alkanes) is 13. The van der Waals surface area contributed by atoms with Crippen molar-refractivity contribution in [2.45, 2.75) is 174 Å². The van der Waals surface area contributed by atoms with Gasteiger partial charge in [0, 0.05) is 12.8 Å². The van der Waals surface area contributed by atoms with Crippen LogP contribution >= 0.6 is 7.82 Å². The second-order valence-electron chi connectivity index (χ2n) is 14.1. The Kier molecular flexibility index (Phi) is 37.6. The average Bonchev–Trinajstić information content (AvgIpc) is 3.19. The van der Waals surface area contributed by atoms with Crippen LogP contribution in [0.15, 0.2) is 72.9 Å². The maximum atomic E-state index is 12.6. The van der Waals surface area contributed by atoms with Gasteiger partial charge < -0.3 is 25.2 Å². The van der Waals surface area contributed by atoms with Crippen molar-refractivity contribution in [2.75, 3.05) is 19.8 Å². The molecule has 326 valence electrons. The molecule has 0 aliphatic rings. The quantitative estimate of drug-likeness (QED) is 0.0233. The van der Waals surface area contributed by atoms with Gasteiger partial charge in [0.1, 0.15) is 12.6 Å². The van der Waals surface area contributed by atoms with Gasteiger partial charge in [-0.2, -0.15) is 0 Å². The van der Waals surface area contributed by atoms with Crippen molar-refractivity contribution < 1.29 is 47.5 Å². The van der Waals surface area contributed by atoms with E-state index >= 15 is 0 Å². The minimum atomic E-state index is -4.74. The van der Waals surface area contributed by atoms with Crippen LogP contribution in [0.2, 0.25) is 0 Å². The van der Waals surface area contributed by atoms with Crippen molar-refractivity contribution in [1.29, 1.82) is 0 Å². The number of hydrogen-bond donors (Lipinski definition) is 3. The number of esters is 2. The number of carbonyl (C=O) groups excluding carboxylic acids is 2. The molecule has 0 aliphatic heterocycles. The summed E-state index contributed by atoms with van der Waals surface area (Å²) in [5, 5.41) is 8.88. The van der Waals surface area contributed by atoms with Crippen molar-refractivity contribution in [3.05, 3.63) is 72.9 Å². The molecule has 11 nitrogen and oxygen atoms in total. The zero-order valence-electron chi connectivity index (χ0n) is 35.2. The molecular weight excluding hydrogens is 745 g/mol. The molecule has 0 bridgehead atoms. The number of carboxylic acid groups (broad SMARTS) is 1. The summed E-state index contributed by atoms with van der Waals surface area (Å²) in [5.74, 6) is -2.49. The van der Waals surface area contributed by atoms with Crippen LogP contribution in [0.5, 0.6) is 0 Å². The number of rotatable bonds is 39. The lowest BCUT2D eigenvalue weighted by Gasteiger charge is -2.20. The monoisotopic (exact) mass is 822 g/mol. The molecule has 0 fully saturated rings. The highest BCUT2D eigenvalue weighted by Gasteiger charge is 2.28. The van der Waals surface area contributed by atoms with E-state index in [0.717, 1.165) is 51.4 Å². The molecule has 3 atom stereocenters. The molecule has 3 unspecified atom stereocenters. The van der Waals surface area contributed by atoms with Gasteiger partial charge in [-0.15, -0.1) is 0 Å². The van der Waals surface area contributed by atoms with Gasteiger partial charge in [-0.1, -0.05) is 170 Å². The molecule has 0 aromatic carbocycles. The van der Waals surface area contributed by atoms with Gasteiger partial charge in [-0.25, -0.2) is 4.57 Å². The number of allylic oxidation sites excluding steroid dienone is 12. The molecule has 12 heteroatoms. The van der Waals surface area contributed by atoms with Crippen molar-refractivity contribution in [1.82, 2.24) is 0 Å². The molecule has 0 saturated carbocycles. The van der Waals surface area contributed by atoms with E-state index in [-0.39, 0.29) is 19.4 Å². The van der Waals surface area contributed by atoms with Crippen LogP contribution in [-0.2, 0) is 37.5 Å². The highest BCUT2D eigenvalue weighted by molar-refractivity contribution is 7.47. The Morgan fingerprint density at radius 2 is 0.982 bits per heavy atom. The molecule has 0 spiro atoms. The van der Waals surface area contributed by atoms with E-state index in [4.69, 9.17) is 24.8 Å². The third-order valence-corrected chi connectivity index (χ3v) is 9.68. The normalized spacial score (nSPS) is 14.5. The third-order valence-electron chi connectivity index (χ3n) is 8.73. The fourth-order valence-corrected chi connectivity index (χ4v) is 6.16. The smallest absolute Gasteiger partial charge is 0.472 e. The second-order valence-corrected chi connectivity index (χ2v) is 15.6. The first kappa shape index (κ1) is 53.9. The summed E-state index contributed by atoms with van der Waals surface area (Å²) in [7, 11) is -4.74. The lowest BCUT2D eigenvalue weighted by molar-refractivity contribution is -0.161. The van der Waals surface area contributed by atoms with Crippen LogP contribution in [0.4, 0.5) is 0 Å². The number of phosphoric ester groups is 1. The van der Waals surface area contributed by atoms with Crippen molar-refractivity contribution >= 4 is 25.7 Å². The van der Waals surface area contributed by atoms with Crippen LogP contribution in [0, 0.1) is 0 Å². The number of ether oxygens (including phenoxy) is 2. The highest BCUT2D eigenvalue weighted by Crippen LogP contribution is 2.43. The van der Waals surface area contributed by atoms with Crippen LogP contribution < -0.4 is 5.73 Å². The fraction of sp³-hybridized carbons (Fsp3) is 0.667. The van der Waals surface area contributed by atoms with E-state index in [1.54, 1.807) is 0 Å². The maximum absolute atomic E-state index is 12.6. The Hall–Kier alpha value is -3.08. The Bertz CT molecular complexity index is 1240. The number of hydrogen-bond acceptors (Lipinski definition) is 9. The first-order valence-corrected chi connectivity index (χ1v) is 23.0. The lowest BCUT2D eigenvalue weighted by Crippen LogP contribution is -2.34. The molecule has 57 heavy (non-hydrogen) atoms. The minimum Gasteiger partial charge on any atom is -0.480 e. The van der Waals surface area contributed by atoms with Gasteiger partial charge in [0.25, 0.3) is 0 Å². The van der Waals surface area contributed by atoms with E-state index < -0.39 is 51.1 Å². The largest absolute Gasteiger partial charge is 0.480 e. The zero-order chi connectivity index (χ0) is 42.1. The maximum Gasteiger partial charge on any atom is 0.472 e. The highest BCUT2D eigenvalue weighted by atomic mass is 31.2. The van der Waals surface area contributed by atoms with Gasteiger partial charge in [0.15, 0.2) is 6.10 Å². The molecular formula is C45H76NO10P. The summed E-state index contributed by atoms with van der Waals surface area (Å²) >= 11 is 0. The minimum absolute atomic E-state index is 0.0341. The van der Waals surface area contributed by atoms with E-state index in [1.165, 1.54) is 64.2 Å². The Morgan fingerprint density at radius 3 is 1.44 bits per heavy atom. The Balaban J connectivity index is 4.51. The van der Waals surface area contributed by atoms with Gasteiger partial charge in [0.2, 0.25) is 0 Å². The number of carboxylic acids is 1. The van der Waals surface area contributed by atoms with Gasteiger partial charge in [-0.05, 0) is 51.4 Å². The standard InChI is InChI=1S/C45H76NO10P/c1-3-5-7-9-11-13-15-17-19-20-21-22-23-25-27-29-31-33-35-37-44(48)56-41(39-54-57(51,52)55-40-42(46)45(49)50)38-53-43(47)36-34-32-30-28-26-24-18-16-14-12-10-8-6-4-2/h5,7,11,13,17,19,21-22,25,27,31,33,41-42H,3-4,6,8-10,12,14-16,18,20,23-24,26,28-30,32,34-40,46H2,1-2H3,(H,49,50)(H,51,52)/b7-5-,13-11-,19-17-,22-21-,27-25-,33-31-. The van der Waals surface area contributed by atoms with E-state index in [9.17, 15) is 23.8 Å². The summed E-state index contributed by atoms with van der Waals surface area (Å²) in [6.07, 6.45) is 47.0. The van der Waals surface area contributed by atoms with Crippen LogP contribution in [-0.4, -0.2) is 59.9 Å². The molecule has 0 aliphatic carbocycles. The molecule has 4 N–H and O–H groups in total. The fourth-order valence-electron chi connectivity index (χ4n) is 5.38. The Morgan fingerprint density at radius 1 is 0.561 bits per heavy atom. The van der Waals surface area contributed by atoms with Crippen molar-refractivity contribution in [2.24, 2.45) is 5.73 Å². The molecule has 0 heterocycles. The Labute approximate surface area is 344 Å². The molecule has 0 saturated heterocycles. The summed E-state index contributed by atoms with van der Waals surface area (Å²) < 4.78 is 32.6. The van der Waals surface area contributed by atoms with E-state index in [0.29, 0.717) is 19.3 Å². The van der Waals surface area contributed by atoms with Crippen LogP contribution in [0.3, 0.4) is 0 Å². The lowest BCUT2D eigenvalue weighted by atomic mass is 10.0. The van der Waals surface area contributed by atoms with Crippen LogP contribution in [0.25, 0.3) is 0 Å². The number of phosphoric acid groups is 1. The predicted octanol–water partition coefficient (Wildman–Crippen LogP) is 11.3. The van der Waals surface area contributed by atoms with Crippen molar-refractivity contribution in [3.63, 3.8) is 0 Å². The first-order chi connectivity index (χ1) is 27.6. The summed E-state index contributed by atoms with van der Waals surface area (Å²) in [6, 6.07) is -1.53. The molecule has 0 rings (SSSR count). The molecule has 0 aromatic rings. The second kappa shape index (κ2) is 39.7.